The molecule has 1 amide bonds. The summed E-state index contributed by atoms with van der Waals surface area (Å²) in [5.74, 6) is 0.395. The number of nitrogen functional groups attached to an aromatic ring is 1. The number of nitrogens with one attached hydrogen (secondary N) is 2. The van der Waals surface area contributed by atoms with Crippen LogP contribution >= 0.6 is 0 Å². The Morgan fingerprint density at radius 3 is 2.61 bits per heavy atom. The average Bonchev–Trinajstić information content (AvgIpc) is 2.86. The number of anilines is 5. The summed E-state index contributed by atoms with van der Waals surface area (Å²) in [5, 5.41) is 6.15. The van der Waals surface area contributed by atoms with Crippen LogP contribution in [0.5, 0.6) is 0 Å². The third kappa shape index (κ3) is 5.59. The van der Waals surface area contributed by atoms with Crippen LogP contribution in [0, 0.1) is 5.92 Å². The summed E-state index contributed by atoms with van der Waals surface area (Å²) in [7, 11) is 0. The van der Waals surface area contributed by atoms with Gasteiger partial charge in [0.2, 0.25) is 11.9 Å². The second-order valence-electron chi connectivity index (χ2n) is 8.14. The van der Waals surface area contributed by atoms with Crippen molar-refractivity contribution < 1.29 is 9.53 Å². The number of morpholine rings is 1. The average molecular weight is 447 g/mol. The molecule has 1 atom stereocenters. The number of hydrogen-bond acceptors (Lipinski definition) is 7. The van der Waals surface area contributed by atoms with Gasteiger partial charge in [-0.3, -0.25) is 4.79 Å². The van der Waals surface area contributed by atoms with Crippen molar-refractivity contribution in [1.29, 1.82) is 0 Å². The minimum Gasteiger partial charge on any atom is -0.397 e. The van der Waals surface area contributed by atoms with Gasteiger partial charge in [-0.15, -0.1) is 0 Å². The number of nitrogens with zero attached hydrogens (tertiary/aromatic N) is 3. The molecule has 8 heteroatoms. The van der Waals surface area contributed by atoms with Crippen molar-refractivity contribution in [3.05, 3.63) is 54.7 Å². The molecular formula is C25H30N6O2. The highest BCUT2D eigenvalue weighted by atomic mass is 16.5. The Morgan fingerprint density at radius 1 is 1.15 bits per heavy atom. The SMILES string of the molecule is CCC(C)C(=O)Nc1ccc(-c2ccnc(Nc3ccc(N4CCOCC4)cc3)n2)cc1N. The fraction of sp³-hybridized carbons (Fsp3) is 0.320. The number of nitrogens with two attached hydrogens (primary N) is 1. The van der Waals surface area contributed by atoms with Crippen LogP contribution in [0.25, 0.3) is 11.3 Å². The van der Waals surface area contributed by atoms with Crippen molar-refractivity contribution in [2.45, 2.75) is 20.3 Å². The number of hydrogen-bond donors (Lipinski definition) is 3. The summed E-state index contributed by atoms with van der Waals surface area (Å²) in [6, 6.07) is 15.6. The largest absolute Gasteiger partial charge is 0.397 e. The van der Waals surface area contributed by atoms with Gasteiger partial charge in [-0.05, 0) is 48.9 Å². The van der Waals surface area contributed by atoms with E-state index in [1.54, 1.807) is 6.20 Å². The van der Waals surface area contributed by atoms with Gasteiger partial charge in [0, 0.05) is 42.1 Å². The molecule has 0 saturated carbocycles. The van der Waals surface area contributed by atoms with E-state index in [0.29, 0.717) is 17.3 Å². The number of amides is 1. The highest BCUT2D eigenvalue weighted by Crippen LogP contribution is 2.27. The standard InChI is InChI=1S/C25H30N6O2/c1-3-17(2)24(32)29-23-9-4-18(16-21(23)26)22-10-11-27-25(30-22)28-19-5-7-20(8-6-19)31-12-14-33-15-13-31/h4-11,16-17H,3,12-15,26H2,1-2H3,(H,29,32)(H,27,28,30). The van der Waals surface area contributed by atoms with Crippen molar-refractivity contribution in [2.75, 3.05) is 47.6 Å². The second kappa shape index (κ2) is 10.3. The summed E-state index contributed by atoms with van der Waals surface area (Å²) in [5.41, 5.74) is 11.0. The molecule has 33 heavy (non-hydrogen) atoms. The van der Waals surface area contributed by atoms with Gasteiger partial charge in [0.15, 0.2) is 0 Å². The molecule has 0 spiro atoms. The van der Waals surface area contributed by atoms with Gasteiger partial charge in [0.25, 0.3) is 0 Å². The molecule has 4 N–H and O–H groups in total. The normalized spacial score (nSPS) is 14.5. The minimum absolute atomic E-state index is 0.0369. The van der Waals surface area contributed by atoms with Crippen LogP contribution in [0.3, 0.4) is 0 Å². The maximum absolute atomic E-state index is 12.2. The first-order valence-corrected chi connectivity index (χ1v) is 11.3. The van der Waals surface area contributed by atoms with Gasteiger partial charge < -0.3 is 26.0 Å². The summed E-state index contributed by atoms with van der Waals surface area (Å²) >= 11 is 0. The highest BCUT2D eigenvalue weighted by molar-refractivity contribution is 5.95. The number of carbonyl (C=O) groups is 1. The summed E-state index contributed by atoms with van der Waals surface area (Å²) in [6.45, 7) is 7.20. The van der Waals surface area contributed by atoms with Crippen molar-refractivity contribution in [1.82, 2.24) is 9.97 Å². The maximum Gasteiger partial charge on any atom is 0.227 e. The first kappa shape index (κ1) is 22.5. The van der Waals surface area contributed by atoms with E-state index in [1.165, 1.54) is 5.69 Å². The molecule has 1 unspecified atom stereocenters. The molecule has 0 radical (unpaired) electrons. The van der Waals surface area contributed by atoms with Gasteiger partial charge in [-0.1, -0.05) is 19.9 Å². The van der Waals surface area contributed by atoms with Crippen molar-refractivity contribution in [3.8, 4) is 11.3 Å². The van der Waals surface area contributed by atoms with Gasteiger partial charge in [0.1, 0.15) is 0 Å². The van der Waals surface area contributed by atoms with E-state index in [4.69, 9.17) is 10.5 Å². The first-order chi connectivity index (χ1) is 16.0. The molecule has 1 aromatic heterocycles. The first-order valence-electron chi connectivity index (χ1n) is 11.3. The van der Waals surface area contributed by atoms with Crippen molar-refractivity contribution in [3.63, 3.8) is 0 Å². The molecule has 2 aromatic carbocycles. The van der Waals surface area contributed by atoms with E-state index in [2.05, 4.69) is 37.6 Å². The van der Waals surface area contributed by atoms with E-state index in [0.717, 1.165) is 49.7 Å². The molecule has 8 nitrogen and oxygen atoms in total. The van der Waals surface area contributed by atoms with Crippen LogP contribution in [0.1, 0.15) is 20.3 Å². The van der Waals surface area contributed by atoms with E-state index < -0.39 is 0 Å². The Hall–Kier alpha value is -3.65. The van der Waals surface area contributed by atoms with Crippen molar-refractivity contribution >= 4 is 34.6 Å². The molecule has 1 fully saturated rings. The van der Waals surface area contributed by atoms with E-state index in [-0.39, 0.29) is 11.8 Å². The topological polar surface area (TPSA) is 105 Å². The van der Waals surface area contributed by atoms with Crippen LogP contribution in [0.15, 0.2) is 54.7 Å². The molecule has 0 aliphatic carbocycles. The molecule has 1 saturated heterocycles. The smallest absolute Gasteiger partial charge is 0.227 e. The number of carbonyl (C=O) groups excluding carboxylic acids is 1. The van der Waals surface area contributed by atoms with Gasteiger partial charge in [-0.2, -0.15) is 0 Å². The Morgan fingerprint density at radius 2 is 1.91 bits per heavy atom. The Labute approximate surface area is 194 Å². The van der Waals surface area contributed by atoms with Crippen LogP contribution < -0.4 is 21.3 Å². The third-order valence-corrected chi connectivity index (χ3v) is 5.82. The van der Waals surface area contributed by atoms with Crippen LogP contribution in [0.2, 0.25) is 0 Å². The molecular weight excluding hydrogens is 416 g/mol. The Kier molecular flexibility index (Phi) is 7.04. The summed E-state index contributed by atoms with van der Waals surface area (Å²) in [4.78, 5) is 23.5. The number of aromatic nitrogens is 2. The van der Waals surface area contributed by atoms with Crippen LogP contribution in [0.4, 0.5) is 28.7 Å². The van der Waals surface area contributed by atoms with Gasteiger partial charge >= 0.3 is 0 Å². The fourth-order valence-electron chi connectivity index (χ4n) is 3.56. The van der Waals surface area contributed by atoms with Gasteiger partial charge in [0.05, 0.1) is 30.3 Å². The van der Waals surface area contributed by atoms with Gasteiger partial charge in [-0.25, -0.2) is 9.97 Å². The lowest BCUT2D eigenvalue weighted by atomic mass is 10.1. The van der Waals surface area contributed by atoms with E-state index in [9.17, 15) is 4.79 Å². The Bertz CT molecular complexity index is 1100. The zero-order valence-electron chi connectivity index (χ0n) is 19.0. The highest BCUT2D eigenvalue weighted by Gasteiger charge is 2.13. The van der Waals surface area contributed by atoms with E-state index >= 15 is 0 Å². The number of benzene rings is 2. The lowest BCUT2D eigenvalue weighted by Crippen LogP contribution is -2.36. The molecule has 0 bridgehead atoms. The summed E-state index contributed by atoms with van der Waals surface area (Å²) < 4.78 is 5.42. The lowest BCUT2D eigenvalue weighted by Gasteiger charge is -2.28. The van der Waals surface area contributed by atoms with Crippen molar-refractivity contribution in [2.24, 2.45) is 5.92 Å². The molecule has 4 rings (SSSR count). The number of rotatable bonds is 7. The third-order valence-electron chi connectivity index (χ3n) is 5.82. The quantitative estimate of drug-likeness (QED) is 0.465. The predicted molar refractivity (Wildman–Crippen MR) is 133 cm³/mol. The Balaban J connectivity index is 1.45. The molecule has 3 aromatic rings. The second-order valence-corrected chi connectivity index (χ2v) is 8.14. The summed E-state index contributed by atoms with van der Waals surface area (Å²) in [6.07, 6.45) is 2.48. The molecule has 1 aliphatic rings. The van der Waals surface area contributed by atoms with Crippen LogP contribution in [-0.2, 0) is 9.53 Å². The predicted octanol–water partition coefficient (Wildman–Crippen LogP) is 4.29. The maximum atomic E-state index is 12.2. The molecule has 2 heterocycles. The molecule has 172 valence electrons. The molecule has 1 aliphatic heterocycles. The fourth-order valence-corrected chi connectivity index (χ4v) is 3.56. The minimum atomic E-state index is -0.0671. The zero-order chi connectivity index (χ0) is 23.2. The lowest BCUT2D eigenvalue weighted by molar-refractivity contribution is -0.119. The van der Waals surface area contributed by atoms with Crippen LogP contribution in [-0.4, -0.2) is 42.2 Å². The number of ether oxygens (including phenoxy) is 1. The monoisotopic (exact) mass is 446 g/mol. The zero-order valence-corrected chi connectivity index (χ0v) is 19.0. The van der Waals surface area contributed by atoms with E-state index in [1.807, 2.05) is 50.2 Å².